The smallest absolute Gasteiger partial charge is 0.239 e. The van der Waals surface area contributed by atoms with Crippen LogP contribution < -0.4 is 5.73 Å². The highest BCUT2D eigenvalue weighted by molar-refractivity contribution is 5.81. The van der Waals surface area contributed by atoms with Crippen LogP contribution >= 0.6 is 0 Å². The van der Waals surface area contributed by atoms with Crippen LogP contribution in [0.15, 0.2) is 24.3 Å². The molecule has 2 unspecified atom stereocenters. The van der Waals surface area contributed by atoms with Crippen LogP contribution in [0.3, 0.4) is 0 Å². The Bertz CT molecular complexity index is 405. The van der Waals surface area contributed by atoms with Crippen LogP contribution in [0.5, 0.6) is 0 Å². The second kappa shape index (κ2) is 7.24. The van der Waals surface area contributed by atoms with Gasteiger partial charge in [-0.05, 0) is 31.0 Å². The van der Waals surface area contributed by atoms with Crippen molar-refractivity contribution in [3.8, 4) is 0 Å². The fraction of sp³-hybridized carbons (Fsp3) is 0.533. The van der Waals surface area contributed by atoms with Crippen LogP contribution in [0.2, 0.25) is 0 Å². The van der Waals surface area contributed by atoms with E-state index < -0.39 is 6.04 Å². The molecule has 1 rings (SSSR count). The molecule has 0 saturated heterocycles. The summed E-state index contributed by atoms with van der Waals surface area (Å²) in [5, 5.41) is 0. The molecule has 0 spiro atoms. The molecule has 0 heterocycles. The third-order valence-corrected chi connectivity index (χ3v) is 3.47. The van der Waals surface area contributed by atoms with E-state index in [2.05, 4.69) is 6.92 Å². The second-order valence-corrected chi connectivity index (χ2v) is 4.93. The minimum absolute atomic E-state index is 0.0646. The first-order chi connectivity index (χ1) is 8.97. The SMILES string of the molecule is CCCCC(N)C(=O)N(C)C(C)c1ccc(F)cc1. The molecule has 0 aliphatic heterocycles. The first-order valence-corrected chi connectivity index (χ1v) is 6.75. The zero-order valence-electron chi connectivity index (χ0n) is 11.9. The fourth-order valence-corrected chi connectivity index (χ4v) is 1.96. The standard InChI is InChI=1S/C15H23FN2O/c1-4-5-6-14(17)15(19)18(3)11(2)12-7-9-13(16)10-8-12/h7-11,14H,4-6,17H2,1-3H3. The topological polar surface area (TPSA) is 46.3 Å². The summed E-state index contributed by atoms with van der Waals surface area (Å²) in [4.78, 5) is 13.8. The number of rotatable bonds is 6. The molecule has 19 heavy (non-hydrogen) atoms. The van der Waals surface area contributed by atoms with Crippen molar-refractivity contribution in [2.45, 2.75) is 45.2 Å². The molecule has 0 aliphatic rings. The number of halogens is 1. The van der Waals surface area contributed by atoms with Crippen molar-refractivity contribution in [1.29, 1.82) is 0 Å². The van der Waals surface area contributed by atoms with Crippen LogP contribution in [0, 0.1) is 5.82 Å². The Morgan fingerprint density at radius 3 is 2.47 bits per heavy atom. The summed E-state index contributed by atoms with van der Waals surface area (Å²) in [7, 11) is 1.74. The molecule has 0 bridgehead atoms. The maximum atomic E-state index is 12.9. The van der Waals surface area contributed by atoms with Gasteiger partial charge in [-0.1, -0.05) is 31.9 Å². The summed E-state index contributed by atoms with van der Waals surface area (Å²) < 4.78 is 12.9. The lowest BCUT2D eigenvalue weighted by Gasteiger charge is -2.28. The summed E-state index contributed by atoms with van der Waals surface area (Å²) in [5.74, 6) is -0.338. The van der Waals surface area contributed by atoms with E-state index >= 15 is 0 Å². The van der Waals surface area contributed by atoms with Gasteiger partial charge in [-0.2, -0.15) is 0 Å². The Morgan fingerprint density at radius 2 is 1.95 bits per heavy atom. The number of nitrogens with zero attached hydrogens (tertiary/aromatic N) is 1. The van der Waals surface area contributed by atoms with E-state index in [4.69, 9.17) is 5.73 Å². The van der Waals surface area contributed by atoms with Crippen molar-refractivity contribution in [1.82, 2.24) is 4.90 Å². The van der Waals surface area contributed by atoms with E-state index in [0.29, 0.717) is 6.42 Å². The number of carbonyl (C=O) groups is 1. The predicted octanol–water partition coefficient (Wildman–Crippen LogP) is 2.86. The number of hydrogen-bond donors (Lipinski definition) is 1. The third-order valence-electron chi connectivity index (χ3n) is 3.47. The van der Waals surface area contributed by atoms with Gasteiger partial charge in [-0.25, -0.2) is 4.39 Å². The number of benzene rings is 1. The van der Waals surface area contributed by atoms with Crippen LogP contribution in [-0.4, -0.2) is 23.9 Å². The zero-order valence-corrected chi connectivity index (χ0v) is 11.9. The average Bonchev–Trinajstić information content (AvgIpc) is 2.43. The van der Waals surface area contributed by atoms with E-state index in [1.54, 1.807) is 24.1 Å². The van der Waals surface area contributed by atoms with E-state index in [-0.39, 0.29) is 17.8 Å². The summed E-state index contributed by atoms with van der Waals surface area (Å²) in [6, 6.07) is 5.64. The minimum Gasteiger partial charge on any atom is -0.338 e. The zero-order chi connectivity index (χ0) is 14.4. The number of unbranched alkanes of at least 4 members (excludes halogenated alkanes) is 1. The second-order valence-electron chi connectivity index (χ2n) is 4.93. The molecule has 106 valence electrons. The summed E-state index contributed by atoms with van der Waals surface area (Å²) >= 11 is 0. The average molecular weight is 266 g/mol. The van der Waals surface area contributed by atoms with Gasteiger partial charge >= 0.3 is 0 Å². The molecule has 0 aliphatic carbocycles. The van der Waals surface area contributed by atoms with E-state index in [1.807, 2.05) is 6.92 Å². The number of amides is 1. The lowest BCUT2D eigenvalue weighted by atomic mass is 10.0. The molecule has 2 N–H and O–H groups in total. The van der Waals surface area contributed by atoms with E-state index in [9.17, 15) is 9.18 Å². The molecule has 1 aromatic rings. The Balaban J connectivity index is 2.67. The fourth-order valence-electron chi connectivity index (χ4n) is 1.96. The molecule has 4 heteroatoms. The lowest BCUT2D eigenvalue weighted by molar-refractivity contribution is -0.133. The summed E-state index contributed by atoms with van der Waals surface area (Å²) in [6.07, 6.45) is 2.68. The molecule has 2 atom stereocenters. The monoisotopic (exact) mass is 266 g/mol. The Hall–Kier alpha value is -1.42. The van der Waals surface area contributed by atoms with Crippen molar-refractivity contribution in [3.63, 3.8) is 0 Å². The van der Waals surface area contributed by atoms with Gasteiger partial charge < -0.3 is 10.6 Å². The van der Waals surface area contributed by atoms with Crippen molar-refractivity contribution >= 4 is 5.91 Å². The predicted molar refractivity (Wildman–Crippen MR) is 75.1 cm³/mol. The Kier molecular flexibility index (Phi) is 5.96. The molecule has 0 fully saturated rings. The number of nitrogens with two attached hydrogens (primary N) is 1. The Labute approximate surface area is 114 Å². The molecular formula is C15H23FN2O. The number of likely N-dealkylation sites (N-methyl/N-ethyl adjacent to an activating group) is 1. The largest absolute Gasteiger partial charge is 0.338 e. The molecule has 0 saturated carbocycles. The maximum absolute atomic E-state index is 12.9. The minimum atomic E-state index is -0.451. The first kappa shape index (κ1) is 15.6. The van der Waals surface area contributed by atoms with Crippen LogP contribution in [-0.2, 0) is 4.79 Å². The van der Waals surface area contributed by atoms with E-state index in [1.165, 1.54) is 12.1 Å². The van der Waals surface area contributed by atoms with Gasteiger partial charge in [0.1, 0.15) is 5.82 Å². The molecule has 3 nitrogen and oxygen atoms in total. The van der Waals surface area contributed by atoms with Crippen molar-refractivity contribution in [2.75, 3.05) is 7.05 Å². The van der Waals surface area contributed by atoms with Crippen LogP contribution in [0.25, 0.3) is 0 Å². The van der Waals surface area contributed by atoms with Gasteiger partial charge in [0.05, 0.1) is 12.1 Å². The highest BCUT2D eigenvalue weighted by Crippen LogP contribution is 2.20. The normalized spacial score (nSPS) is 13.9. The molecule has 0 aromatic heterocycles. The van der Waals surface area contributed by atoms with Crippen molar-refractivity contribution in [3.05, 3.63) is 35.6 Å². The molecular weight excluding hydrogens is 243 g/mol. The van der Waals surface area contributed by atoms with Crippen molar-refractivity contribution < 1.29 is 9.18 Å². The third kappa shape index (κ3) is 4.31. The molecule has 0 radical (unpaired) electrons. The summed E-state index contributed by atoms with van der Waals surface area (Å²) in [5.41, 5.74) is 6.80. The van der Waals surface area contributed by atoms with Gasteiger partial charge in [-0.3, -0.25) is 4.79 Å². The molecule has 1 aromatic carbocycles. The highest BCUT2D eigenvalue weighted by atomic mass is 19.1. The van der Waals surface area contributed by atoms with Crippen molar-refractivity contribution in [2.24, 2.45) is 5.73 Å². The lowest BCUT2D eigenvalue weighted by Crippen LogP contribution is -2.42. The highest BCUT2D eigenvalue weighted by Gasteiger charge is 2.22. The number of carbonyl (C=O) groups excluding carboxylic acids is 1. The quantitative estimate of drug-likeness (QED) is 0.860. The maximum Gasteiger partial charge on any atom is 0.239 e. The van der Waals surface area contributed by atoms with Crippen LogP contribution in [0.4, 0.5) is 4.39 Å². The van der Waals surface area contributed by atoms with Gasteiger partial charge in [0.25, 0.3) is 0 Å². The summed E-state index contributed by atoms with van der Waals surface area (Å²) in [6.45, 7) is 3.99. The number of hydrogen-bond acceptors (Lipinski definition) is 2. The van der Waals surface area contributed by atoms with Gasteiger partial charge in [0, 0.05) is 7.05 Å². The van der Waals surface area contributed by atoms with Crippen LogP contribution in [0.1, 0.15) is 44.7 Å². The van der Waals surface area contributed by atoms with Gasteiger partial charge in [0.15, 0.2) is 0 Å². The first-order valence-electron chi connectivity index (χ1n) is 6.75. The Morgan fingerprint density at radius 1 is 1.37 bits per heavy atom. The van der Waals surface area contributed by atoms with E-state index in [0.717, 1.165) is 18.4 Å². The van der Waals surface area contributed by atoms with Gasteiger partial charge in [-0.15, -0.1) is 0 Å². The van der Waals surface area contributed by atoms with Gasteiger partial charge in [0.2, 0.25) is 5.91 Å². The molecule has 1 amide bonds.